The highest BCUT2D eigenvalue weighted by Gasteiger charge is 2.13. The van der Waals surface area contributed by atoms with E-state index in [1.54, 1.807) is 11.8 Å². The molecule has 1 aromatic rings. The molecular weight excluding hydrogens is 194 g/mol. The first-order valence-corrected chi connectivity index (χ1v) is 5.67. The second-order valence-corrected chi connectivity index (χ2v) is 5.36. The van der Waals surface area contributed by atoms with Crippen LogP contribution in [0.1, 0.15) is 39.2 Å². The average molecular weight is 211 g/mol. The lowest BCUT2D eigenvalue weighted by Crippen LogP contribution is -2.04. The van der Waals surface area contributed by atoms with Crippen molar-refractivity contribution < 1.29 is 0 Å². The minimum absolute atomic E-state index is 0.373. The summed E-state index contributed by atoms with van der Waals surface area (Å²) in [6.45, 7) is 8.51. The van der Waals surface area contributed by atoms with E-state index in [1.165, 1.54) is 6.33 Å². The normalized spacial score (nSPS) is 11.3. The lowest BCUT2D eigenvalue weighted by Gasteiger charge is -2.13. The number of hydrogen-bond donors (Lipinski definition) is 1. The van der Waals surface area contributed by atoms with Crippen LogP contribution in [-0.2, 0) is 0 Å². The van der Waals surface area contributed by atoms with Crippen LogP contribution in [0.2, 0.25) is 0 Å². The summed E-state index contributed by atoms with van der Waals surface area (Å²) in [5, 5.41) is 1.53. The second kappa shape index (κ2) is 4.64. The number of thioether (sulfide) groups is 1. The van der Waals surface area contributed by atoms with Crippen molar-refractivity contribution >= 4 is 17.6 Å². The van der Waals surface area contributed by atoms with Gasteiger partial charge in [0, 0.05) is 10.8 Å². The van der Waals surface area contributed by atoms with E-state index in [0.717, 1.165) is 10.6 Å². The maximum Gasteiger partial charge on any atom is 0.131 e. The number of rotatable bonds is 3. The number of aromatic nitrogens is 2. The van der Waals surface area contributed by atoms with Gasteiger partial charge < -0.3 is 5.73 Å². The Morgan fingerprint density at radius 2 is 1.86 bits per heavy atom. The fourth-order valence-electron chi connectivity index (χ4n) is 1.25. The molecule has 0 atom stereocenters. The predicted molar refractivity (Wildman–Crippen MR) is 61.5 cm³/mol. The highest BCUT2D eigenvalue weighted by atomic mass is 32.2. The van der Waals surface area contributed by atoms with Crippen LogP contribution in [0, 0.1) is 0 Å². The Bertz CT molecular complexity index is 310. The number of anilines is 1. The summed E-state index contributed by atoms with van der Waals surface area (Å²) in [5.41, 5.74) is 6.91. The van der Waals surface area contributed by atoms with E-state index in [0.29, 0.717) is 17.0 Å². The Morgan fingerprint density at radius 3 is 2.36 bits per heavy atom. The second-order valence-electron chi connectivity index (χ2n) is 3.80. The molecule has 0 spiro atoms. The van der Waals surface area contributed by atoms with Gasteiger partial charge in [0.05, 0.1) is 0 Å². The van der Waals surface area contributed by atoms with E-state index >= 15 is 0 Å². The Balaban J connectivity index is 3.08. The van der Waals surface area contributed by atoms with E-state index in [2.05, 4.69) is 37.7 Å². The van der Waals surface area contributed by atoms with Crippen LogP contribution in [0.15, 0.2) is 11.4 Å². The van der Waals surface area contributed by atoms with Crippen molar-refractivity contribution in [2.24, 2.45) is 0 Å². The third-order valence-corrected chi connectivity index (χ3v) is 2.82. The van der Waals surface area contributed by atoms with E-state index in [9.17, 15) is 0 Å². The summed E-state index contributed by atoms with van der Waals surface area (Å²) in [6, 6.07) is 0. The van der Waals surface area contributed by atoms with Crippen LogP contribution >= 0.6 is 11.8 Å². The molecule has 0 aromatic carbocycles. The molecule has 0 bridgehead atoms. The topological polar surface area (TPSA) is 51.8 Å². The van der Waals surface area contributed by atoms with Crippen LogP contribution in [0.25, 0.3) is 0 Å². The molecule has 3 nitrogen and oxygen atoms in total. The summed E-state index contributed by atoms with van der Waals surface area (Å²) in [7, 11) is 0. The lowest BCUT2D eigenvalue weighted by atomic mass is 10.1. The fraction of sp³-hybridized carbons (Fsp3) is 0.600. The van der Waals surface area contributed by atoms with Crippen LogP contribution in [0.5, 0.6) is 0 Å². The van der Waals surface area contributed by atoms with Crippen LogP contribution in [0.3, 0.4) is 0 Å². The van der Waals surface area contributed by atoms with E-state index < -0.39 is 0 Å². The molecule has 2 N–H and O–H groups in total. The standard InChI is InChI=1S/C10H17N3S/c1-6(2)8-9(11)12-5-13-10(8)14-7(3)4/h5-7H,1-4H3,(H2,11,12,13). The smallest absolute Gasteiger partial charge is 0.131 e. The molecule has 0 fully saturated rings. The Morgan fingerprint density at radius 1 is 1.21 bits per heavy atom. The van der Waals surface area contributed by atoms with Crippen LogP contribution < -0.4 is 5.73 Å². The van der Waals surface area contributed by atoms with Crippen LogP contribution in [-0.4, -0.2) is 15.2 Å². The minimum Gasteiger partial charge on any atom is -0.383 e. The third-order valence-electron chi connectivity index (χ3n) is 1.80. The molecule has 0 radical (unpaired) electrons. The van der Waals surface area contributed by atoms with Crippen molar-refractivity contribution in [2.45, 2.75) is 43.9 Å². The molecule has 4 heteroatoms. The Hall–Kier alpha value is -0.770. The molecule has 1 rings (SSSR count). The van der Waals surface area contributed by atoms with Gasteiger partial charge in [-0.3, -0.25) is 0 Å². The van der Waals surface area contributed by atoms with Gasteiger partial charge in [-0.15, -0.1) is 11.8 Å². The van der Waals surface area contributed by atoms with Gasteiger partial charge >= 0.3 is 0 Å². The molecule has 1 heterocycles. The van der Waals surface area contributed by atoms with Gasteiger partial charge in [-0.2, -0.15) is 0 Å². The van der Waals surface area contributed by atoms with Gasteiger partial charge in [0.2, 0.25) is 0 Å². The quantitative estimate of drug-likeness (QED) is 0.617. The monoisotopic (exact) mass is 211 g/mol. The zero-order valence-electron chi connectivity index (χ0n) is 9.11. The molecule has 0 amide bonds. The molecule has 1 aromatic heterocycles. The fourth-order valence-corrected chi connectivity index (χ4v) is 2.27. The first-order chi connectivity index (χ1) is 6.52. The van der Waals surface area contributed by atoms with Crippen LogP contribution in [0.4, 0.5) is 5.82 Å². The zero-order valence-corrected chi connectivity index (χ0v) is 9.93. The van der Waals surface area contributed by atoms with Crippen molar-refractivity contribution in [1.82, 2.24) is 9.97 Å². The number of nitrogens with zero attached hydrogens (tertiary/aromatic N) is 2. The molecular formula is C10H17N3S. The zero-order chi connectivity index (χ0) is 10.7. The summed E-state index contributed by atoms with van der Waals surface area (Å²) < 4.78 is 0. The van der Waals surface area contributed by atoms with Crippen molar-refractivity contribution in [3.05, 3.63) is 11.9 Å². The van der Waals surface area contributed by atoms with Gasteiger partial charge in [-0.1, -0.05) is 27.7 Å². The lowest BCUT2D eigenvalue weighted by molar-refractivity contribution is 0.807. The minimum atomic E-state index is 0.373. The maximum absolute atomic E-state index is 5.83. The van der Waals surface area contributed by atoms with Crippen molar-refractivity contribution in [3.8, 4) is 0 Å². The summed E-state index contributed by atoms with van der Waals surface area (Å²) in [6.07, 6.45) is 1.53. The first-order valence-electron chi connectivity index (χ1n) is 4.79. The highest BCUT2D eigenvalue weighted by molar-refractivity contribution is 7.99. The van der Waals surface area contributed by atoms with E-state index in [1.807, 2.05) is 0 Å². The molecule has 14 heavy (non-hydrogen) atoms. The third kappa shape index (κ3) is 2.61. The molecule has 0 aliphatic rings. The molecule has 0 unspecified atom stereocenters. The van der Waals surface area contributed by atoms with Gasteiger partial charge in [0.15, 0.2) is 0 Å². The molecule has 0 aliphatic carbocycles. The van der Waals surface area contributed by atoms with E-state index in [4.69, 9.17) is 5.73 Å². The van der Waals surface area contributed by atoms with Crippen molar-refractivity contribution in [1.29, 1.82) is 0 Å². The number of hydrogen-bond acceptors (Lipinski definition) is 4. The Labute approximate surface area is 89.5 Å². The predicted octanol–water partition coefficient (Wildman–Crippen LogP) is 2.68. The maximum atomic E-state index is 5.83. The van der Waals surface area contributed by atoms with Gasteiger partial charge in [-0.25, -0.2) is 9.97 Å². The van der Waals surface area contributed by atoms with E-state index in [-0.39, 0.29) is 0 Å². The van der Waals surface area contributed by atoms with Gasteiger partial charge in [-0.05, 0) is 5.92 Å². The average Bonchev–Trinajstić information content (AvgIpc) is 2.01. The van der Waals surface area contributed by atoms with Crippen molar-refractivity contribution in [2.75, 3.05) is 5.73 Å². The highest BCUT2D eigenvalue weighted by Crippen LogP contribution is 2.31. The first kappa shape index (κ1) is 11.3. The number of nitrogens with two attached hydrogens (primary N) is 1. The largest absolute Gasteiger partial charge is 0.383 e. The summed E-state index contributed by atoms with van der Waals surface area (Å²) >= 11 is 1.74. The molecule has 0 aliphatic heterocycles. The SMILES string of the molecule is CC(C)Sc1ncnc(N)c1C(C)C. The summed E-state index contributed by atoms with van der Waals surface area (Å²) in [5.74, 6) is 0.982. The van der Waals surface area contributed by atoms with Crippen molar-refractivity contribution in [3.63, 3.8) is 0 Å². The summed E-state index contributed by atoms with van der Waals surface area (Å²) in [4.78, 5) is 8.29. The Kier molecular flexibility index (Phi) is 3.75. The molecule has 0 saturated heterocycles. The number of nitrogen functional groups attached to an aromatic ring is 1. The van der Waals surface area contributed by atoms with Gasteiger partial charge in [0.1, 0.15) is 17.2 Å². The molecule has 0 saturated carbocycles. The van der Waals surface area contributed by atoms with Gasteiger partial charge in [0.25, 0.3) is 0 Å². The molecule has 78 valence electrons.